The van der Waals surface area contributed by atoms with Crippen LogP contribution < -0.4 is 0 Å². The molecule has 0 saturated carbocycles. The highest BCUT2D eigenvalue weighted by Gasteiger charge is 2.07. The quantitative estimate of drug-likeness (QED) is 0.641. The van der Waals surface area contributed by atoms with Gasteiger partial charge < -0.3 is 15.3 Å². The van der Waals surface area contributed by atoms with Gasteiger partial charge in [0.2, 0.25) is 0 Å². The second kappa shape index (κ2) is 4.54. The fourth-order valence-corrected chi connectivity index (χ4v) is 1.23. The molecule has 1 aromatic rings. The van der Waals surface area contributed by atoms with Gasteiger partial charge in [-0.3, -0.25) is 4.57 Å². The van der Waals surface area contributed by atoms with E-state index in [1.54, 1.807) is 0 Å². The van der Waals surface area contributed by atoms with Gasteiger partial charge in [0.25, 0.3) is 0 Å². The van der Waals surface area contributed by atoms with Gasteiger partial charge in [-0.15, -0.1) is 0 Å². The molecule has 0 aromatic carbocycles. The maximum Gasteiger partial charge on any atom is 0.330 e. The first-order chi connectivity index (χ1) is 7.02. The monoisotopic (exact) mass is 211 g/mol. The lowest BCUT2D eigenvalue weighted by atomic mass is 10.2. The Morgan fingerprint density at radius 2 is 1.87 bits per heavy atom. The summed E-state index contributed by atoms with van der Waals surface area (Å²) >= 11 is 0. The van der Waals surface area contributed by atoms with Crippen LogP contribution in [0.4, 0.5) is 0 Å². The van der Waals surface area contributed by atoms with E-state index in [-0.39, 0.29) is 17.3 Å². The minimum Gasteiger partial charge on any atom is -0.494 e. The van der Waals surface area contributed by atoms with Crippen molar-refractivity contribution in [3.05, 3.63) is 24.3 Å². The summed E-state index contributed by atoms with van der Waals surface area (Å²) in [5.74, 6) is -1.09. The Balaban J connectivity index is 2.45. The molecule has 15 heavy (non-hydrogen) atoms. The predicted octanol–water partition coefficient (Wildman–Crippen LogP) is 1.32. The Morgan fingerprint density at radius 3 is 2.33 bits per heavy atom. The smallest absolute Gasteiger partial charge is 0.330 e. The fourth-order valence-electron chi connectivity index (χ4n) is 1.23. The van der Waals surface area contributed by atoms with Crippen LogP contribution in [-0.4, -0.2) is 25.9 Å². The van der Waals surface area contributed by atoms with Gasteiger partial charge in [0.1, 0.15) is 0 Å². The van der Waals surface area contributed by atoms with Crippen molar-refractivity contribution >= 4 is 5.97 Å². The topological polar surface area (TPSA) is 82.7 Å². The molecule has 0 aliphatic rings. The summed E-state index contributed by atoms with van der Waals surface area (Å²) in [5, 5.41) is 27.1. The van der Waals surface area contributed by atoms with E-state index >= 15 is 0 Å². The fraction of sp³-hybridized carbons (Fsp3) is 0.300. The van der Waals surface area contributed by atoms with Gasteiger partial charge in [-0.1, -0.05) is 6.58 Å². The number of aromatic nitrogens is 1. The van der Waals surface area contributed by atoms with E-state index in [2.05, 4.69) is 6.58 Å². The van der Waals surface area contributed by atoms with Crippen LogP contribution in [0, 0.1) is 0 Å². The zero-order valence-electron chi connectivity index (χ0n) is 8.18. The van der Waals surface area contributed by atoms with E-state index < -0.39 is 5.97 Å². The maximum atomic E-state index is 10.4. The molecule has 1 heterocycles. The summed E-state index contributed by atoms with van der Waals surface area (Å²) in [6.07, 6.45) is 0.827. The minimum absolute atomic E-state index is 0.0339. The van der Waals surface area contributed by atoms with E-state index in [9.17, 15) is 15.0 Å². The van der Waals surface area contributed by atoms with Gasteiger partial charge in [-0.05, 0) is 12.8 Å². The van der Waals surface area contributed by atoms with Crippen molar-refractivity contribution in [2.45, 2.75) is 19.4 Å². The Morgan fingerprint density at radius 1 is 1.33 bits per heavy atom. The summed E-state index contributed by atoms with van der Waals surface area (Å²) in [4.78, 5) is 10.4. The molecule has 5 nitrogen and oxygen atoms in total. The number of nitrogens with zero attached hydrogens (tertiary/aromatic N) is 1. The number of aliphatic carboxylic acids is 1. The third-order valence-corrected chi connectivity index (χ3v) is 2.10. The molecule has 3 N–H and O–H groups in total. The highest BCUT2D eigenvalue weighted by atomic mass is 16.4. The first-order valence-corrected chi connectivity index (χ1v) is 4.51. The summed E-state index contributed by atoms with van der Waals surface area (Å²) in [6, 6.07) is 2.75. The molecule has 0 aliphatic carbocycles. The molecule has 0 aliphatic heterocycles. The highest BCUT2D eigenvalue weighted by molar-refractivity contribution is 5.85. The number of carboxylic acid groups (broad SMARTS) is 1. The Kier molecular flexibility index (Phi) is 3.38. The van der Waals surface area contributed by atoms with Crippen LogP contribution in [0.25, 0.3) is 0 Å². The zero-order valence-corrected chi connectivity index (χ0v) is 8.18. The molecule has 0 fully saturated rings. The second-order valence-electron chi connectivity index (χ2n) is 3.21. The molecule has 0 saturated heterocycles. The first kappa shape index (κ1) is 11.2. The van der Waals surface area contributed by atoms with Crippen molar-refractivity contribution in [1.82, 2.24) is 4.57 Å². The highest BCUT2D eigenvalue weighted by Crippen LogP contribution is 2.21. The molecule has 0 atom stereocenters. The molecule has 0 spiro atoms. The number of hydrogen-bond donors (Lipinski definition) is 3. The number of carboxylic acids is 1. The lowest BCUT2D eigenvalue weighted by molar-refractivity contribution is -0.132. The second-order valence-corrected chi connectivity index (χ2v) is 3.21. The standard InChI is InChI=1S/C10H13NO4/c1-7(10(14)15)3-2-6-11-8(12)4-5-9(11)13/h4-5,12-13H,1-3,6H2,(H,14,15). The van der Waals surface area contributed by atoms with Crippen LogP contribution in [0.2, 0.25) is 0 Å². The average molecular weight is 211 g/mol. The number of rotatable bonds is 5. The van der Waals surface area contributed by atoms with Crippen molar-refractivity contribution < 1.29 is 20.1 Å². The van der Waals surface area contributed by atoms with Gasteiger partial charge in [-0.25, -0.2) is 4.79 Å². The van der Waals surface area contributed by atoms with Crippen molar-refractivity contribution in [2.75, 3.05) is 0 Å². The summed E-state index contributed by atoms with van der Waals surface area (Å²) in [5.41, 5.74) is 0.126. The molecule has 0 bridgehead atoms. The van der Waals surface area contributed by atoms with Crippen molar-refractivity contribution in [2.24, 2.45) is 0 Å². The Hall–Kier alpha value is -1.91. The van der Waals surface area contributed by atoms with Gasteiger partial charge >= 0.3 is 5.97 Å². The van der Waals surface area contributed by atoms with Crippen LogP contribution in [0.15, 0.2) is 24.3 Å². The molecular weight excluding hydrogens is 198 g/mol. The van der Waals surface area contributed by atoms with Crippen molar-refractivity contribution in [3.8, 4) is 11.8 Å². The molecule has 1 rings (SSSR count). The van der Waals surface area contributed by atoms with Gasteiger partial charge in [-0.2, -0.15) is 0 Å². The Labute approximate surface area is 86.9 Å². The van der Waals surface area contributed by atoms with Crippen LogP contribution in [-0.2, 0) is 11.3 Å². The lowest BCUT2D eigenvalue weighted by Gasteiger charge is -2.06. The van der Waals surface area contributed by atoms with E-state index in [0.29, 0.717) is 19.4 Å². The first-order valence-electron chi connectivity index (χ1n) is 4.51. The van der Waals surface area contributed by atoms with Crippen molar-refractivity contribution in [1.29, 1.82) is 0 Å². The predicted molar refractivity (Wildman–Crippen MR) is 53.8 cm³/mol. The normalized spacial score (nSPS) is 10.1. The summed E-state index contributed by atoms with van der Waals surface area (Å²) < 4.78 is 1.30. The number of hydrogen-bond acceptors (Lipinski definition) is 3. The number of aromatic hydroxyl groups is 2. The molecule has 1 aromatic heterocycles. The van der Waals surface area contributed by atoms with Crippen LogP contribution in [0.5, 0.6) is 11.8 Å². The molecule has 82 valence electrons. The van der Waals surface area contributed by atoms with Crippen molar-refractivity contribution in [3.63, 3.8) is 0 Å². The maximum absolute atomic E-state index is 10.4. The lowest BCUT2D eigenvalue weighted by Crippen LogP contribution is -2.02. The van der Waals surface area contributed by atoms with Gasteiger partial charge in [0, 0.05) is 24.3 Å². The Bertz CT molecular complexity index is 361. The third kappa shape index (κ3) is 2.77. The van der Waals surface area contributed by atoms with Crippen LogP contribution in [0.1, 0.15) is 12.8 Å². The van der Waals surface area contributed by atoms with Crippen LogP contribution in [0.3, 0.4) is 0 Å². The summed E-state index contributed by atoms with van der Waals surface area (Å²) in [6.45, 7) is 3.74. The molecule has 0 radical (unpaired) electrons. The minimum atomic E-state index is -1.02. The average Bonchev–Trinajstić information content (AvgIpc) is 2.48. The third-order valence-electron chi connectivity index (χ3n) is 2.10. The van der Waals surface area contributed by atoms with E-state index in [0.717, 1.165) is 0 Å². The molecular formula is C10H13NO4. The van der Waals surface area contributed by atoms with Crippen LogP contribution >= 0.6 is 0 Å². The van der Waals surface area contributed by atoms with Gasteiger partial charge in [0.05, 0.1) is 0 Å². The largest absolute Gasteiger partial charge is 0.494 e. The van der Waals surface area contributed by atoms with E-state index in [1.807, 2.05) is 0 Å². The molecule has 5 heteroatoms. The summed E-state index contributed by atoms with van der Waals surface area (Å²) in [7, 11) is 0. The van der Waals surface area contributed by atoms with Gasteiger partial charge in [0.15, 0.2) is 11.8 Å². The van der Waals surface area contributed by atoms with E-state index in [1.165, 1.54) is 16.7 Å². The zero-order chi connectivity index (χ0) is 11.4. The number of carbonyl (C=O) groups is 1. The molecule has 0 amide bonds. The SMILES string of the molecule is C=C(CCCn1c(O)ccc1O)C(=O)O. The molecule has 0 unspecified atom stereocenters. The van der Waals surface area contributed by atoms with E-state index in [4.69, 9.17) is 5.11 Å².